The van der Waals surface area contributed by atoms with Gasteiger partial charge in [0.2, 0.25) is 0 Å². The zero-order chi connectivity index (χ0) is 24.0. The Kier molecular flexibility index (Phi) is 5.20. The Hall–Kier alpha value is -1.24. The van der Waals surface area contributed by atoms with Crippen molar-refractivity contribution in [2.24, 2.45) is 40.4 Å². The smallest absolute Gasteiger partial charge is 0.336 e. The fraction of sp³-hybridized carbons (Fsp3) is 0.857. The maximum atomic E-state index is 13.4. The van der Waals surface area contributed by atoms with Crippen molar-refractivity contribution < 1.29 is 29.3 Å². The molecule has 4 aliphatic carbocycles. The van der Waals surface area contributed by atoms with Gasteiger partial charge in [0.25, 0.3) is 0 Å². The molecule has 1 spiro atoms. The first-order valence-electron chi connectivity index (χ1n) is 13.6. The number of cyclic esters (lactones) is 1. The number of hydrogen-bond donors (Lipinski definition) is 2. The fourth-order valence-electron chi connectivity index (χ4n) is 10.1. The molecule has 10 atom stereocenters. The molecule has 0 aromatic heterocycles. The molecule has 188 valence electrons. The summed E-state index contributed by atoms with van der Waals surface area (Å²) in [7, 11) is 0. The first-order chi connectivity index (χ1) is 16.2. The lowest BCUT2D eigenvalue weighted by Crippen LogP contribution is -2.63. The zero-order valence-corrected chi connectivity index (χ0v) is 20.8. The third-order valence-corrected chi connectivity index (χ3v) is 11.8. The molecule has 1 saturated heterocycles. The van der Waals surface area contributed by atoms with E-state index in [0.29, 0.717) is 36.2 Å². The largest absolute Gasteiger partial charge is 0.458 e. The van der Waals surface area contributed by atoms with E-state index in [0.717, 1.165) is 50.5 Å². The van der Waals surface area contributed by atoms with E-state index in [2.05, 4.69) is 13.8 Å². The van der Waals surface area contributed by atoms with E-state index < -0.39 is 5.41 Å². The van der Waals surface area contributed by atoms with Gasteiger partial charge in [-0.2, -0.15) is 0 Å². The number of Topliss-reactive ketones (excluding diaryl/α,β-unsaturated/α-hetero) is 1. The number of aliphatic hydroxyl groups is 2. The lowest BCUT2D eigenvalue weighted by Gasteiger charge is -2.58. The summed E-state index contributed by atoms with van der Waals surface area (Å²) in [5.41, 5.74) is 0.438. The standard InChI is InChI=1S/C28H40O6/c1-15-11-22(33-25(32)18(15)13-29)16(2)19-6-7-20-17-12-24-28(34-24)9-4-5-23(31)27(28,14-30)21(17)8-10-26(19,20)3/h16-17,19-22,24,29-30H,4-14H2,1-3H3. The molecule has 0 radical (unpaired) electrons. The Balaban J connectivity index is 1.27. The average molecular weight is 473 g/mol. The first kappa shape index (κ1) is 23.2. The van der Waals surface area contributed by atoms with Crippen molar-refractivity contribution >= 4 is 11.8 Å². The van der Waals surface area contributed by atoms with E-state index in [9.17, 15) is 19.8 Å². The Morgan fingerprint density at radius 1 is 1.12 bits per heavy atom. The van der Waals surface area contributed by atoms with Crippen molar-refractivity contribution in [3.05, 3.63) is 11.1 Å². The van der Waals surface area contributed by atoms with Crippen molar-refractivity contribution in [1.29, 1.82) is 0 Å². The molecule has 6 aliphatic rings. The SMILES string of the molecule is CC1=C(CO)C(=O)OC(C(C)C2CCC3C4CC5OC56CCCC(=O)C6(CO)C4CCC23C)C1. The highest BCUT2D eigenvalue weighted by Gasteiger charge is 2.79. The number of esters is 1. The van der Waals surface area contributed by atoms with Crippen molar-refractivity contribution in [3.8, 4) is 0 Å². The highest BCUT2D eigenvalue weighted by atomic mass is 16.6. The summed E-state index contributed by atoms with van der Waals surface area (Å²) < 4.78 is 12.2. The van der Waals surface area contributed by atoms with Crippen LogP contribution in [0.3, 0.4) is 0 Å². The van der Waals surface area contributed by atoms with E-state index in [1.165, 1.54) is 0 Å². The van der Waals surface area contributed by atoms with Gasteiger partial charge >= 0.3 is 5.97 Å². The average Bonchev–Trinajstić information content (AvgIpc) is 3.39. The summed E-state index contributed by atoms with van der Waals surface area (Å²) >= 11 is 0. The Morgan fingerprint density at radius 3 is 2.62 bits per heavy atom. The number of carbonyl (C=O) groups is 2. The second-order valence-corrected chi connectivity index (χ2v) is 12.7. The summed E-state index contributed by atoms with van der Waals surface area (Å²) in [6.07, 6.45) is 8.40. The second-order valence-electron chi connectivity index (χ2n) is 12.7. The van der Waals surface area contributed by atoms with Gasteiger partial charge in [0.1, 0.15) is 17.5 Å². The lowest BCUT2D eigenvalue weighted by atomic mass is 9.43. The molecule has 2 N–H and O–H groups in total. The molecule has 0 aromatic carbocycles. The lowest BCUT2D eigenvalue weighted by molar-refractivity contribution is -0.164. The van der Waals surface area contributed by atoms with Gasteiger partial charge in [-0.1, -0.05) is 19.4 Å². The molecule has 34 heavy (non-hydrogen) atoms. The minimum absolute atomic E-state index is 0.0659. The third kappa shape index (κ3) is 2.74. The molecule has 10 unspecified atom stereocenters. The van der Waals surface area contributed by atoms with Crippen LogP contribution in [0.1, 0.15) is 78.6 Å². The van der Waals surface area contributed by atoms with Crippen LogP contribution in [0.25, 0.3) is 0 Å². The number of rotatable bonds is 4. The minimum atomic E-state index is -0.689. The monoisotopic (exact) mass is 472 g/mol. The van der Waals surface area contributed by atoms with E-state index in [-0.39, 0.29) is 60.0 Å². The third-order valence-electron chi connectivity index (χ3n) is 11.8. The van der Waals surface area contributed by atoms with Crippen molar-refractivity contribution in [3.63, 3.8) is 0 Å². The highest BCUT2D eigenvalue weighted by Crippen LogP contribution is 2.73. The number of ketones is 1. The van der Waals surface area contributed by atoms with Crippen molar-refractivity contribution in [2.75, 3.05) is 13.2 Å². The number of fused-ring (bicyclic) bond motifs is 4. The topological polar surface area (TPSA) is 96.4 Å². The van der Waals surface area contributed by atoms with Crippen LogP contribution in [0.2, 0.25) is 0 Å². The van der Waals surface area contributed by atoms with Gasteiger partial charge in [-0.3, -0.25) is 4.79 Å². The summed E-state index contributed by atoms with van der Waals surface area (Å²) in [5, 5.41) is 20.2. The molecule has 0 bridgehead atoms. The molecule has 6 rings (SSSR count). The molecule has 4 saturated carbocycles. The number of epoxide rings is 1. The van der Waals surface area contributed by atoms with Gasteiger partial charge in [-0.15, -0.1) is 0 Å². The van der Waals surface area contributed by atoms with Crippen LogP contribution in [0.4, 0.5) is 0 Å². The molecular formula is C28H40O6. The van der Waals surface area contributed by atoms with Gasteiger partial charge in [0.15, 0.2) is 0 Å². The number of hydrogen-bond acceptors (Lipinski definition) is 6. The van der Waals surface area contributed by atoms with Gasteiger partial charge in [0, 0.05) is 12.8 Å². The second kappa shape index (κ2) is 7.63. The van der Waals surface area contributed by atoms with Gasteiger partial charge in [-0.05, 0) is 86.9 Å². The minimum Gasteiger partial charge on any atom is -0.458 e. The van der Waals surface area contributed by atoms with Gasteiger partial charge < -0.3 is 19.7 Å². The maximum absolute atomic E-state index is 13.4. The molecule has 2 aliphatic heterocycles. The summed E-state index contributed by atoms with van der Waals surface area (Å²) in [4.78, 5) is 25.9. The van der Waals surface area contributed by atoms with Crippen LogP contribution < -0.4 is 0 Å². The van der Waals surface area contributed by atoms with Crippen LogP contribution in [-0.2, 0) is 19.1 Å². The molecule has 0 aromatic rings. The van der Waals surface area contributed by atoms with E-state index in [1.54, 1.807) is 0 Å². The predicted molar refractivity (Wildman–Crippen MR) is 125 cm³/mol. The van der Waals surface area contributed by atoms with Crippen molar-refractivity contribution in [2.45, 2.75) is 96.4 Å². The van der Waals surface area contributed by atoms with E-state index in [4.69, 9.17) is 9.47 Å². The van der Waals surface area contributed by atoms with Gasteiger partial charge in [0.05, 0.1) is 30.3 Å². The molecule has 6 nitrogen and oxygen atoms in total. The van der Waals surface area contributed by atoms with Gasteiger partial charge in [-0.25, -0.2) is 4.79 Å². The Labute approximate surface area is 202 Å². The molecular weight excluding hydrogens is 432 g/mol. The van der Waals surface area contributed by atoms with Crippen LogP contribution in [0, 0.1) is 40.4 Å². The zero-order valence-electron chi connectivity index (χ0n) is 20.8. The van der Waals surface area contributed by atoms with Crippen LogP contribution in [0.5, 0.6) is 0 Å². The molecule has 6 heteroatoms. The van der Waals surface area contributed by atoms with E-state index in [1.807, 2.05) is 6.92 Å². The van der Waals surface area contributed by atoms with Crippen LogP contribution in [-0.4, -0.2) is 53.0 Å². The highest BCUT2D eigenvalue weighted by molar-refractivity contribution is 5.90. The summed E-state index contributed by atoms with van der Waals surface area (Å²) in [6, 6.07) is 0. The summed E-state index contributed by atoms with van der Waals surface area (Å²) in [6.45, 7) is 6.31. The fourth-order valence-corrected chi connectivity index (χ4v) is 10.1. The van der Waals surface area contributed by atoms with Crippen LogP contribution >= 0.6 is 0 Å². The molecule has 2 heterocycles. The quantitative estimate of drug-likeness (QED) is 0.480. The Morgan fingerprint density at radius 2 is 1.91 bits per heavy atom. The number of ether oxygens (including phenoxy) is 2. The molecule has 0 amide bonds. The molecule has 5 fully saturated rings. The Bertz CT molecular complexity index is 941. The first-order valence-corrected chi connectivity index (χ1v) is 13.6. The predicted octanol–water partition coefficient (Wildman–Crippen LogP) is 3.58. The van der Waals surface area contributed by atoms with E-state index >= 15 is 0 Å². The maximum Gasteiger partial charge on any atom is 0.336 e. The van der Waals surface area contributed by atoms with Crippen LogP contribution in [0.15, 0.2) is 11.1 Å². The van der Waals surface area contributed by atoms with Crippen molar-refractivity contribution in [1.82, 2.24) is 0 Å². The summed E-state index contributed by atoms with van der Waals surface area (Å²) in [5.74, 6) is 1.75. The normalized spacial score (nSPS) is 50.6. The number of carbonyl (C=O) groups excluding carboxylic acids is 2. The number of aliphatic hydroxyl groups excluding tert-OH is 2.